The fourth-order valence-electron chi connectivity index (χ4n) is 1.52. The van der Waals surface area contributed by atoms with E-state index in [1.165, 1.54) is 24.3 Å². The maximum Gasteiger partial charge on any atom is 0.573 e. The first kappa shape index (κ1) is 13.3. The highest BCUT2D eigenvalue weighted by Gasteiger charge is 2.30. The molecule has 19 heavy (non-hydrogen) atoms. The van der Waals surface area contributed by atoms with E-state index in [1.807, 2.05) is 12.3 Å². The topological polar surface area (TPSA) is 39.1 Å². The van der Waals surface area contributed by atoms with Crippen molar-refractivity contribution in [3.63, 3.8) is 0 Å². The lowest BCUT2D eigenvalue weighted by atomic mass is 10.3. The molecule has 1 aromatic carbocycles. The number of alkyl halides is 3. The van der Waals surface area contributed by atoms with Crippen LogP contribution in [0.3, 0.4) is 0 Å². The maximum atomic E-state index is 12.0. The highest BCUT2D eigenvalue weighted by molar-refractivity contribution is 5.46. The molecule has 102 valence electrons. The van der Waals surface area contributed by atoms with Gasteiger partial charge in [0.15, 0.2) is 0 Å². The number of halogens is 3. The lowest BCUT2D eigenvalue weighted by molar-refractivity contribution is -0.274. The quantitative estimate of drug-likeness (QED) is 0.908. The maximum absolute atomic E-state index is 12.0. The lowest BCUT2D eigenvalue weighted by Crippen LogP contribution is -2.17. The summed E-state index contributed by atoms with van der Waals surface area (Å²) in [5, 5.41) is 7.11. The second-order valence-electron chi connectivity index (χ2n) is 3.77. The minimum atomic E-state index is -4.66. The van der Waals surface area contributed by atoms with Crippen molar-refractivity contribution in [2.75, 3.05) is 11.9 Å². The molecule has 0 saturated heterocycles. The van der Waals surface area contributed by atoms with Crippen molar-refractivity contribution >= 4 is 5.69 Å². The fourth-order valence-corrected chi connectivity index (χ4v) is 1.52. The van der Waals surface area contributed by atoms with Crippen LogP contribution in [0.15, 0.2) is 42.7 Å². The first-order chi connectivity index (χ1) is 9.03. The molecular weight excluding hydrogens is 259 g/mol. The normalized spacial score (nSPS) is 11.3. The number of aromatic nitrogens is 2. The van der Waals surface area contributed by atoms with Crippen molar-refractivity contribution in [2.24, 2.45) is 0 Å². The van der Waals surface area contributed by atoms with E-state index in [-0.39, 0.29) is 5.75 Å². The van der Waals surface area contributed by atoms with Gasteiger partial charge in [0.05, 0.1) is 6.54 Å². The van der Waals surface area contributed by atoms with Crippen LogP contribution in [0.1, 0.15) is 0 Å². The Balaban J connectivity index is 1.81. The predicted octanol–water partition coefficient (Wildman–Crippen LogP) is 2.89. The highest BCUT2D eigenvalue weighted by atomic mass is 19.4. The van der Waals surface area contributed by atoms with Crippen LogP contribution in [0.4, 0.5) is 18.9 Å². The Morgan fingerprint density at radius 3 is 2.53 bits per heavy atom. The largest absolute Gasteiger partial charge is 0.573 e. The molecule has 0 aliphatic carbocycles. The van der Waals surface area contributed by atoms with Gasteiger partial charge in [0.2, 0.25) is 0 Å². The molecule has 1 N–H and O–H groups in total. The van der Waals surface area contributed by atoms with Crippen LogP contribution in [0.5, 0.6) is 5.75 Å². The SMILES string of the molecule is FC(F)(F)Oc1ccc(NCCn2cccn2)cc1. The van der Waals surface area contributed by atoms with Gasteiger partial charge in [0.25, 0.3) is 0 Å². The first-order valence-corrected chi connectivity index (χ1v) is 5.60. The van der Waals surface area contributed by atoms with Gasteiger partial charge in [-0.3, -0.25) is 4.68 Å². The predicted molar refractivity (Wildman–Crippen MR) is 63.8 cm³/mol. The van der Waals surface area contributed by atoms with Gasteiger partial charge in [-0.15, -0.1) is 13.2 Å². The number of benzene rings is 1. The van der Waals surface area contributed by atoms with Gasteiger partial charge in [-0.1, -0.05) is 0 Å². The van der Waals surface area contributed by atoms with Crippen LogP contribution in [0.2, 0.25) is 0 Å². The average Bonchev–Trinajstić information content (AvgIpc) is 2.82. The van der Waals surface area contributed by atoms with Crippen molar-refractivity contribution in [2.45, 2.75) is 12.9 Å². The number of hydrogen-bond acceptors (Lipinski definition) is 3. The van der Waals surface area contributed by atoms with E-state index in [9.17, 15) is 13.2 Å². The molecule has 7 heteroatoms. The zero-order valence-corrected chi connectivity index (χ0v) is 9.89. The number of ether oxygens (including phenoxy) is 1. The van der Waals surface area contributed by atoms with E-state index in [0.717, 1.165) is 5.69 Å². The van der Waals surface area contributed by atoms with E-state index < -0.39 is 6.36 Å². The lowest BCUT2D eigenvalue weighted by Gasteiger charge is -2.10. The van der Waals surface area contributed by atoms with Crippen molar-refractivity contribution in [1.82, 2.24) is 9.78 Å². The van der Waals surface area contributed by atoms with E-state index in [2.05, 4.69) is 15.2 Å². The Bertz CT molecular complexity index is 494. The van der Waals surface area contributed by atoms with Gasteiger partial charge >= 0.3 is 6.36 Å². The third kappa shape index (κ3) is 4.53. The van der Waals surface area contributed by atoms with E-state index in [4.69, 9.17) is 0 Å². The summed E-state index contributed by atoms with van der Waals surface area (Å²) < 4.78 is 41.4. The third-order valence-electron chi connectivity index (χ3n) is 2.32. The molecule has 0 amide bonds. The smallest absolute Gasteiger partial charge is 0.406 e. The number of rotatable bonds is 5. The minimum absolute atomic E-state index is 0.231. The Morgan fingerprint density at radius 1 is 1.21 bits per heavy atom. The summed E-state index contributed by atoms with van der Waals surface area (Å²) in [6.45, 7) is 1.30. The minimum Gasteiger partial charge on any atom is -0.406 e. The Hall–Kier alpha value is -2.18. The summed E-state index contributed by atoms with van der Waals surface area (Å²) in [7, 11) is 0. The molecule has 0 spiro atoms. The van der Waals surface area contributed by atoms with Gasteiger partial charge < -0.3 is 10.1 Å². The van der Waals surface area contributed by atoms with Crippen LogP contribution < -0.4 is 10.1 Å². The Labute approximate surface area is 107 Å². The molecule has 0 unspecified atom stereocenters. The summed E-state index contributed by atoms with van der Waals surface area (Å²) in [4.78, 5) is 0. The molecule has 0 fully saturated rings. The molecule has 0 bridgehead atoms. The zero-order valence-electron chi connectivity index (χ0n) is 9.89. The van der Waals surface area contributed by atoms with E-state index >= 15 is 0 Å². The highest BCUT2D eigenvalue weighted by Crippen LogP contribution is 2.23. The average molecular weight is 271 g/mol. The summed E-state index contributed by atoms with van der Waals surface area (Å²) in [5.41, 5.74) is 0.724. The number of nitrogens with one attached hydrogen (secondary N) is 1. The molecule has 0 saturated carbocycles. The summed E-state index contributed by atoms with van der Waals surface area (Å²) >= 11 is 0. The second-order valence-corrected chi connectivity index (χ2v) is 3.77. The van der Waals surface area contributed by atoms with Gasteiger partial charge in [0, 0.05) is 24.6 Å². The summed E-state index contributed by atoms with van der Waals surface area (Å²) in [5.74, 6) is -0.231. The molecule has 0 aliphatic heterocycles. The molecular formula is C12H12F3N3O. The van der Waals surface area contributed by atoms with Gasteiger partial charge in [-0.25, -0.2) is 0 Å². The third-order valence-corrected chi connectivity index (χ3v) is 2.32. The first-order valence-electron chi connectivity index (χ1n) is 5.60. The molecule has 1 heterocycles. The monoisotopic (exact) mass is 271 g/mol. The van der Waals surface area contributed by atoms with Crippen LogP contribution in [0.25, 0.3) is 0 Å². The van der Waals surface area contributed by atoms with Gasteiger partial charge in [-0.05, 0) is 30.3 Å². The Morgan fingerprint density at radius 2 is 1.95 bits per heavy atom. The molecule has 1 aromatic heterocycles. The van der Waals surface area contributed by atoms with Crippen LogP contribution in [0, 0.1) is 0 Å². The number of anilines is 1. The second kappa shape index (κ2) is 5.64. The van der Waals surface area contributed by atoms with Crippen molar-refractivity contribution in [1.29, 1.82) is 0 Å². The van der Waals surface area contributed by atoms with Crippen LogP contribution in [-0.4, -0.2) is 22.7 Å². The number of hydrogen-bond donors (Lipinski definition) is 1. The van der Waals surface area contributed by atoms with Gasteiger partial charge in [0.1, 0.15) is 5.75 Å². The Kier molecular flexibility index (Phi) is 3.94. The van der Waals surface area contributed by atoms with Crippen LogP contribution >= 0.6 is 0 Å². The van der Waals surface area contributed by atoms with Crippen LogP contribution in [-0.2, 0) is 6.54 Å². The molecule has 0 atom stereocenters. The van der Waals surface area contributed by atoms with Gasteiger partial charge in [-0.2, -0.15) is 5.10 Å². The number of nitrogens with zero attached hydrogens (tertiary/aromatic N) is 2. The zero-order chi connectivity index (χ0) is 13.7. The fraction of sp³-hybridized carbons (Fsp3) is 0.250. The van der Waals surface area contributed by atoms with Crippen molar-refractivity contribution < 1.29 is 17.9 Å². The standard InChI is InChI=1S/C12H12F3N3O/c13-12(14,15)19-11-4-2-10(3-5-11)16-7-9-18-8-1-6-17-18/h1-6,8,16H,7,9H2. The molecule has 4 nitrogen and oxygen atoms in total. The molecule has 0 aliphatic rings. The summed E-state index contributed by atoms with van der Waals surface area (Å²) in [6.07, 6.45) is -1.14. The molecule has 2 rings (SSSR count). The van der Waals surface area contributed by atoms with E-state index in [0.29, 0.717) is 13.1 Å². The van der Waals surface area contributed by atoms with E-state index in [1.54, 1.807) is 10.9 Å². The van der Waals surface area contributed by atoms with Crippen molar-refractivity contribution in [3.05, 3.63) is 42.7 Å². The summed E-state index contributed by atoms with van der Waals surface area (Å²) in [6, 6.07) is 7.42. The molecule has 2 aromatic rings. The van der Waals surface area contributed by atoms with Crippen molar-refractivity contribution in [3.8, 4) is 5.75 Å². The molecule has 0 radical (unpaired) electrons.